The van der Waals surface area contributed by atoms with Crippen molar-refractivity contribution < 1.29 is 23.9 Å². The molecular weight excluding hydrogens is 408 g/mol. The second-order valence-electron chi connectivity index (χ2n) is 8.20. The first-order valence-electron chi connectivity index (χ1n) is 10.4. The molecule has 0 aliphatic carbocycles. The lowest BCUT2D eigenvalue weighted by Gasteiger charge is -2.23. The van der Waals surface area contributed by atoms with E-state index in [1.807, 2.05) is 30.3 Å². The Kier molecular flexibility index (Phi) is 9.01. The van der Waals surface area contributed by atoms with Crippen LogP contribution in [0.15, 0.2) is 61.2 Å². The van der Waals surface area contributed by atoms with Crippen molar-refractivity contribution in [2.24, 2.45) is 0 Å². The lowest BCUT2D eigenvalue weighted by atomic mass is 10.1. The van der Waals surface area contributed by atoms with Gasteiger partial charge in [-0.2, -0.15) is 0 Å². The van der Waals surface area contributed by atoms with Crippen molar-refractivity contribution >= 4 is 29.7 Å². The Morgan fingerprint density at radius 2 is 1.69 bits per heavy atom. The lowest BCUT2D eigenvalue weighted by Crippen LogP contribution is -2.46. The number of hydrogen-bond acceptors (Lipinski definition) is 5. The van der Waals surface area contributed by atoms with Crippen LogP contribution in [-0.2, 0) is 25.7 Å². The van der Waals surface area contributed by atoms with E-state index in [1.54, 1.807) is 51.1 Å². The Morgan fingerprint density at radius 1 is 1.03 bits per heavy atom. The second-order valence-corrected chi connectivity index (χ2v) is 8.20. The predicted octanol–water partition coefficient (Wildman–Crippen LogP) is 4.69. The maximum atomic E-state index is 12.8. The number of anilines is 1. The maximum absolute atomic E-state index is 12.8. The Hall–Kier alpha value is -3.61. The van der Waals surface area contributed by atoms with Gasteiger partial charge in [-0.1, -0.05) is 55.1 Å². The fourth-order valence-electron chi connectivity index (χ4n) is 2.72. The third kappa shape index (κ3) is 9.04. The third-order valence-electron chi connectivity index (χ3n) is 4.30. The molecule has 0 saturated carbocycles. The maximum Gasteiger partial charge on any atom is 0.408 e. The Bertz CT molecular complexity index is 918. The van der Waals surface area contributed by atoms with E-state index in [0.29, 0.717) is 5.69 Å². The van der Waals surface area contributed by atoms with E-state index < -0.39 is 29.6 Å². The summed E-state index contributed by atoms with van der Waals surface area (Å²) in [5.41, 5.74) is 1.61. The topological polar surface area (TPSA) is 93.7 Å². The van der Waals surface area contributed by atoms with Crippen LogP contribution < -0.4 is 10.6 Å². The molecule has 2 aromatic carbocycles. The van der Waals surface area contributed by atoms with Crippen LogP contribution in [0.3, 0.4) is 0 Å². The highest BCUT2D eigenvalue weighted by Crippen LogP contribution is 2.13. The number of benzene rings is 2. The largest absolute Gasteiger partial charge is 0.461 e. The van der Waals surface area contributed by atoms with Crippen LogP contribution in [0.4, 0.5) is 10.5 Å². The number of amides is 2. The molecule has 0 aromatic heterocycles. The van der Waals surface area contributed by atoms with Crippen molar-refractivity contribution in [1.82, 2.24) is 5.32 Å². The molecule has 0 radical (unpaired) electrons. The van der Waals surface area contributed by atoms with Gasteiger partial charge < -0.3 is 20.1 Å². The standard InChI is InChI=1S/C25H30N2O5/c1-5-18-11-13-20(14-12-18)26-23(29)21(27-24(30)32-25(2,3)4)15-16-22(28)31-17-19-9-7-6-8-10-19/h5-14,21H,1,15-17H2,2-4H3,(H,26,29)(H,27,30). The molecule has 1 unspecified atom stereocenters. The second kappa shape index (κ2) is 11.7. The number of nitrogens with one attached hydrogen (secondary N) is 2. The van der Waals surface area contributed by atoms with Crippen LogP contribution in [0.5, 0.6) is 0 Å². The summed E-state index contributed by atoms with van der Waals surface area (Å²) in [6.07, 6.45) is 0.969. The van der Waals surface area contributed by atoms with E-state index in [2.05, 4.69) is 17.2 Å². The normalized spacial score (nSPS) is 11.7. The number of hydrogen-bond donors (Lipinski definition) is 2. The van der Waals surface area contributed by atoms with Gasteiger partial charge in [-0.05, 0) is 50.5 Å². The van der Waals surface area contributed by atoms with Crippen molar-refractivity contribution in [2.75, 3.05) is 5.32 Å². The summed E-state index contributed by atoms with van der Waals surface area (Å²) < 4.78 is 10.5. The minimum atomic E-state index is -0.979. The van der Waals surface area contributed by atoms with Gasteiger partial charge in [0.25, 0.3) is 0 Å². The molecule has 7 heteroatoms. The molecule has 2 rings (SSSR count). The van der Waals surface area contributed by atoms with Gasteiger partial charge in [0.1, 0.15) is 18.2 Å². The van der Waals surface area contributed by atoms with Crippen LogP contribution in [0.25, 0.3) is 6.08 Å². The Morgan fingerprint density at radius 3 is 2.28 bits per heavy atom. The molecule has 0 saturated heterocycles. The quantitative estimate of drug-likeness (QED) is 0.554. The van der Waals surface area contributed by atoms with Gasteiger partial charge in [0.15, 0.2) is 0 Å². The molecule has 0 fully saturated rings. The molecule has 2 N–H and O–H groups in total. The van der Waals surface area contributed by atoms with Gasteiger partial charge in [-0.3, -0.25) is 9.59 Å². The summed E-state index contributed by atoms with van der Waals surface area (Å²) in [5, 5.41) is 5.30. The monoisotopic (exact) mass is 438 g/mol. The zero-order valence-corrected chi connectivity index (χ0v) is 18.7. The fraction of sp³-hybridized carbons (Fsp3) is 0.320. The lowest BCUT2D eigenvalue weighted by molar-refractivity contribution is -0.145. The van der Waals surface area contributed by atoms with Gasteiger partial charge >= 0.3 is 12.1 Å². The summed E-state index contributed by atoms with van der Waals surface area (Å²) >= 11 is 0. The molecular formula is C25H30N2O5. The van der Waals surface area contributed by atoms with Gasteiger partial charge in [-0.25, -0.2) is 4.79 Å². The number of esters is 1. The molecule has 1 atom stereocenters. The zero-order chi connectivity index (χ0) is 23.6. The van der Waals surface area contributed by atoms with Gasteiger partial charge in [0.05, 0.1) is 0 Å². The molecule has 7 nitrogen and oxygen atoms in total. The highest BCUT2D eigenvalue weighted by molar-refractivity contribution is 5.96. The summed E-state index contributed by atoms with van der Waals surface area (Å²) in [7, 11) is 0. The van der Waals surface area contributed by atoms with Crippen LogP contribution in [0.1, 0.15) is 44.7 Å². The Balaban J connectivity index is 1.98. The van der Waals surface area contributed by atoms with E-state index in [0.717, 1.165) is 11.1 Å². The summed E-state index contributed by atoms with van der Waals surface area (Å²) in [5.74, 6) is -0.925. The first-order chi connectivity index (χ1) is 15.2. The minimum absolute atomic E-state index is 0.0455. The minimum Gasteiger partial charge on any atom is -0.461 e. The number of rotatable bonds is 9. The van der Waals surface area contributed by atoms with Crippen molar-refractivity contribution in [1.29, 1.82) is 0 Å². The number of ether oxygens (including phenoxy) is 2. The van der Waals surface area contributed by atoms with Gasteiger partial charge in [0, 0.05) is 12.1 Å². The molecule has 32 heavy (non-hydrogen) atoms. The fourth-order valence-corrected chi connectivity index (χ4v) is 2.72. The number of carbonyl (C=O) groups is 3. The van der Waals surface area contributed by atoms with Crippen molar-refractivity contribution in [3.8, 4) is 0 Å². The average Bonchev–Trinajstić information content (AvgIpc) is 2.75. The number of carbonyl (C=O) groups excluding carboxylic acids is 3. The van der Waals surface area contributed by atoms with Crippen molar-refractivity contribution in [2.45, 2.75) is 51.9 Å². The molecule has 2 aromatic rings. The predicted molar refractivity (Wildman–Crippen MR) is 124 cm³/mol. The van der Waals surface area contributed by atoms with E-state index >= 15 is 0 Å². The van der Waals surface area contributed by atoms with Crippen LogP contribution >= 0.6 is 0 Å². The summed E-state index contributed by atoms with van der Waals surface area (Å²) in [6.45, 7) is 9.02. The first kappa shape index (κ1) is 24.7. The molecule has 0 bridgehead atoms. The Labute approximate surface area is 188 Å². The summed E-state index contributed by atoms with van der Waals surface area (Å²) in [6, 6.07) is 15.4. The molecule has 0 spiro atoms. The van der Waals surface area contributed by atoms with E-state index in [-0.39, 0.29) is 19.4 Å². The van der Waals surface area contributed by atoms with E-state index in [4.69, 9.17) is 9.47 Å². The molecule has 0 aliphatic rings. The van der Waals surface area contributed by atoms with Gasteiger partial charge in [0.2, 0.25) is 5.91 Å². The SMILES string of the molecule is C=Cc1ccc(NC(=O)C(CCC(=O)OCc2ccccc2)NC(=O)OC(C)(C)C)cc1. The molecule has 2 amide bonds. The van der Waals surface area contributed by atoms with Crippen molar-refractivity contribution in [3.05, 3.63) is 72.3 Å². The van der Waals surface area contributed by atoms with Gasteiger partial charge in [-0.15, -0.1) is 0 Å². The van der Waals surface area contributed by atoms with E-state index in [9.17, 15) is 14.4 Å². The highest BCUT2D eigenvalue weighted by Gasteiger charge is 2.25. The third-order valence-corrected chi connectivity index (χ3v) is 4.30. The smallest absolute Gasteiger partial charge is 0.408 e. The molecule has 0 aliphatic heterocycles. The molecule has 170 valence electrons. The molecule has 0 heterocycles. The highest BCUT2D eigenvalue weighted by atomic mass is 16.6. The van der Waals surface area contributed by atoms with Crippen LogP contribution in [0, 0.1) is 0 Å². The summed E-state index contributed by atoms with van der Waals surface area (Å²) in [4.78, 5) is 37.2. The average molecular weight is 439 g/mol. The van der Waals surface area contributed by atoms with Crippen LogP contribution in [-0.4, -0.2) is 29.6 Å². The first-order valence-corrected chi connectivity index (χ1v) is 10.4. The van der Waals surface area contributed by atoms with Crippen LogP contribution in [0.2, 0.25) is 0 Å². The van der Waals surface area contributed by atoms with E-state index in [1.165, 1.54) is 0 Å². The van der Waals surface area contributed by atoms with Crippen molar-refractivity contribution in [3.63, 3.8) is 0 Å². The zero-order valence-electron chi connectivity index (χ0n) is 18.7. The number of alkyl carbamates (subject to hydrolysis) is 1.